The third kappa shape index (κ3) is 2.81. The number of aromatic nitrogens is 1. The van der Waals surface area contributed by atoms with Crippen molar-refractivity contribution in [3.05, 3.63) is 23.4 Å². The second-order valence-corrected chi connectivity index (χ2v) is 2.49. The molecule has 0 saturated heterocycles. The van der Waals surface area contributed by atoms with Crippen LogP contribution in [-0.4, -0.2) is 11.6 Å². The van der Waals surface area contributed by atoms with E-state index < -0.39 is 0 Å². The Morgan fingerprint density at radius 1 is 1.58 bits per heavy atom. The van der Waals surface area contributed by atoms with E-state index in [0.717, 1.165) is 0 Å². The Bertz CT molecular complexity index is 293. The summed E-state index contributed by atoms with van der Waals surface area (Å²) in [7, 11) is 0. The maximum Gasteiger partial charge on any atom is 0.214 e. The van der Waals surface area contributed by atoms with Crippen molar-refractivity contribution < 1.29 is 4.74 Å². The fourth-order valence-electron chi connectivity index (χ4n) is 0.685. The number of ether oxygens (including phenoxy) is 1. The van der Waals surface area contributed by atoms with Gasteiger partial charge in [0, 0.05) is 12.5 Å². The van der Waals surface area contributed by atoms with Crippen molar-refractivity contribution in [3.63, 3.8) is 0 Å². The van der Waals surface area contributed by atoms with Gasteiger partial charge in [-0.05, 0) is 6.07 Å². The molecular formula is C9H8ClNO. The molecule has 0 aromatic carbocycles. The van der Waals surface area contributed by atoms with Gasteiger partial charge in [-0.3, -0.25) is 0 Å². The maximum absolute atomic E-state index is 5.63. The van der Waals surface area contributed by atoms with E-state index in [9.17, 15) is 0 Å². The Balaban J connectivity index is 2.48. The van der Waals surface area contributed by atoms with Gasteiger partial charge in [-0.25, -0.2) is 4.98 Å². The molecule has 0 amide bonds. The number of terminal acetylenes is 1. The fraction of sp³-hybridized carbons (Fsp3) is 0.222. The van der Waals surface area contributed by atoms with Crippen molar-refractivity contribution in [1.82, 2.24) is 4.98 Å². The van der Waals surface area contributed by atoms with Crippen LogP contribution in [0.15, 0.2) is 18.2 Å². The van der Waals surface area contributed by atoms with E-state index in [2.05, 4.69) is 10.9 Å². The van der Waals surface area contributed by atoms with E-state index in [-0.39, 0.29) is 0 Å². The summed E-state index contributed by atoms with van der Waals surface area (Å²) in [6, 6.07) is 5.21. The smallest absolute Gasteiger partial charge is 0.214 e. The quantitative estimate of drug-likeness (QED) is 0.405. The van der Waals surface area contributed by atoms with E-state index in [4.69, 9.17) is 22.8 Å². The standard InChI is InChI=1S/C9H8ClNO/c1-2-3-7-12-9-6-4-5-8(10)11-9/h1,4-6H,3,7H2. The maximum atomic E-state index is 5.63. The molecule has 0 unspecified atom stereocenters. The van der Waals surface area contributed by atoms with Crippen LogP contribution in [0.25, 0.3) is 0 Å². The minimum atomic E-state index is 0.424. The van der Waals surface area contributed by atoms with E-state index in [1.54, 1.807) is 18.2 Å². The topological polar surface area (TPSA) is 22.1 Å². The molecule has 0 fully saturated rings. The lowest BCUT2D eigenvalue weighted by Crippen LogP contribution is -1.97. The molecule has 0 spiro atoms. The second kappa shape index (κ2) is 4.63. The molecule has 2 nitrogen and oxygen atoms in total. The first-order chi connectivity index (χ1) is 5.83. The van der Waals surface area contributed by atoms with Crippen molar-refractivity contribution in [2.75, 3.05) is 6.61 Å². The summed E-state index contributed by atoms with van der Waals surface area (Å²) in [6.07, 6.45) is 5.62. The first kappa shape index (κ1) is 8.89. The number of halogens is 1. The minimum Gasteiger partial charge on any atom is -0.477 e. The van der Waals surface area contributed by atoms with Crippen molar-refractivity contribution >= 4 is 11.6 Å². The van der Waals surface area contributed by atoms with Crippen LogP contribution < -0.4 is 4.74 Å². The SMILES string of the molecule is C#CCCOc1cccc(Cl)n1. The van der Waals surface area contributed by atoms with Gasteiger partial charge in [-0.15, -0.1) is 12.3 Å². The summed E-state index contributed by atoms with van der Waals surface area (Å²) in [5.74, 6) is 2.98. The van der Waals surface area contributed by atoms with E-state index in [0.29, 0.717) is 24.1 Å². The van der Waals surface area contributed by atoms with Crippen LogP contribution in [0.1, 0.15) is 6.42 Å². The Hall–Kier alpha value is -1.20. The second-order valence-electron chi connectivity index (χ2n) is 2.10. The Morgan fingerprint density at radius 2 is 2.42 bits per heavy atom. The molecule has 0 radical (unpaired) electrons. The molecule has 1 rings (SSSR count). The molecule has 0 aliphatic rings. The minimum absolute atomic E-state index is 0.424. The third-order valence-corrected chi connectivity index (χ3v) is 1.40. The molecule has 1 aromatic rings. The zero-order valence-corrected chi connectivity index (χ0v) is 7.21. The van der Waals surface area contributed by atoms with Crippen LogP contribution in [0, 0.1) is 12.3 Å². The van der Waals surface area contributed by atoms with Crippen LogP contribution in [-0.2, 0) is 0 Å². The Kier molecular flexibility index (Phi) is 3.43. The molecule has 0 aliphatic heterocycles. The van der Waals surface area contributed by atoms with Gasteiger partial charge < -0.3 is 4.74 Å². The van der Waals surface area contributed by atoms with Crippen molar-refractivity contribution in [2.45, 2.75) is 6.42 Å². The van der Waals surface area contributed by atoms with Gasteiger partial charge in [0.15, 0.2) is 0 Å². The normalized spacial score (nSPS) is 9.00. The van der Waals surface area contributed by atoms with Gasteiger partial charge in [-0.2, -0.15) is 0 Å². The van der Waals surface area contributed by atoms with Gasteiger partial charge in [0.25, 0.3) is 0 Å². The van der Waals surface area contributed by atoms with Gasteiger partial charge in [0.2, 0.25) is 5.88 Å². The van der Waals surface area contributed by atoms with Crippen LogP contribution in [0.2, 0.25) is 5.15 Å². The van der Waals surface area contributed by atoms with Crippen molar-refractivity contribution in [2.24, 2.45) is 0 Å². The number of hydrogen-bond acceptors (Lipinski definition) is 2. The molecule has 12 heavy (non-hydrogen) atoms. The molecule has 1 aromatic heterocycles. The van der Waals surface area contributed by atoms with Gasteiger partial charge in [0.1, 0.15) is 11.8 Å². The van der Waals surface area contributed by atoms with Gasteiger partial charge >= 0.3 is 0 Å². The fourth-order valence-corrected chi connectivity index (χ4v) is 0.841. The van der Waals surface area contributed by atoms with E-state index in [1.165, 1.54) is 0 Å². The average Bonchev–Trinajstić information content (AvgIpc) is 2.05. The zero-order valence-electron chi connectivity index (χ0n) is 6.46. The van der Waals surface area contributed by atoms with Gasteiger partial charge in [0.05, 0.1) is 0 Å². The number of hydrogen-bond donors (Lipinski definition) is 0. The summed E-state index contributed by atoms with van der Waals surface area (Å²) in [6.45, 7) is 0.476. The molecular weight excluding hydrogens is 174 g/mol. The summed E-state index contributed by atoms with van der Waals surface area (Å²) >= 11 is 5.63. The third-order valence-electron chi connectivity index (χ3n) is 1.19. The molecule has 0 bridgehead atoms. The highest BCUT2D eigenvalue weighted by atomic mass is 35.5. The van der Waals surface area contributed by atoms with Crippen LogP contribution in [0.3, 0.4) is 0 Å². The number of nitrogens with zero attached hydrogens (tertiary/aromatic N) is 1. The molecule has 1 heterocycles. The Labute approximate surface area is 76.5 Å². The summed E-state index contributed by atoms with van der Waals surface area (Å²) in [5.41, 5.74) is 0. The molecule has 3 heteroatoms. The first-order valence-electron chi connectivity index (χ1n) is 3.52. The van der Waals surface area contributed by atoms with Crippen molar-refractivity contribution in [1.29, 1.82) is 0 Å². The average molecular weight is 182 g/mol. The van der Waals surface area contributed by atoms with Crippen LogP contribution in [0.5, 0.6) is 5.88 Å². The summed E-state index contributed by atoms with van der Waals surface area (Å²) in [4.78, 5) is 3.92. The molecule has 0 saturated carbocycles. The van der Waals surface area contributed by atoms with Gasteiger partial charge in [-0.1, -0.05) is 17.7 Å². The van der Waals surface area contributed by atoms with Crippen LogP contribution >= 0.6 is 11.6 Å². The van der Waals surface area contributed by atoms with Crippen molar-refractivity contribution in [3.8, 4) is 18.2 Å². The number of rotatable bonds is 3. The predicted molar refractivity (Wildman–Crippen MR) is 48.2 cm³/mol. The molecule has 0 atom stereocenters. The zero-order chi connectivity index (χ0) is 8.81. The van der Waals surface area contributed by atoms with E-state index >= 15 is 0 Å². The lowest BCUT2D eigenvalue weighted by Gasteiger charge is -2.01. The molecule has 0 aliphatic carbocycles. The summed E-state index contributed by atoms with van der Waals surface area (Å²) < 4.78 is 5.19. The highest BCUT2D eigenvalue weighted by Crippen LogP contribution is 2.11. The molecule has 62 valence electrons. The highest BCUT2D eigenvalue weighted by Gasteiger charge is 1.94. The molecule has 0 N–H and O–H groups in total. The Morgan fingerprint density at radius 3 is 3.08 bits per heavy atom. The summed E-state index contributed by atoms with van der Waals surface area (Å²) in [5, 5.41) is 0.424. The monoisotopic (exact) mass is 181 g/mol. The number of pyridine rings is 1. The lowest BCUT2D eigenvalue weighted by atomic mass is 10.5. The van der Waals surface area contributed by atoms with Crippen LogP contribution in [0.4, 0.5) is 0 Å². The highest BCUT2D eigenvalue weighted by molar-refractivity contribution is 6.29. The van der Waals surface area contributed by atoms with E-state index in [1.807, 2.05) is 0 Å². The largest absolute Gasteiger partial charge is 0.477 e. The first-order valence-corrected chi connectivity index (χ1v) is 3.89. The lowest BCUT2D eigenvalue weighted by molar-refractivity contribution is 0.314. The predicted octanol–water partition coefficient (Wildman–Crippen LogP) is 2.14.